The van der Waals surface area contributed by atoms with Crippen molar-refractivity contribution in [3.63, 3.8) is 0 Å². The van der Waals surface area contributed by atoms with Gasteiger partial charge in [0, 0.05) is 17.9 Å². The van der Waals surface area contributed by atoms with E-state index in [1.54, 1.807) is 24.3 Å². The van der Waals surface area contributed by atoms with Crippen LogP contribution in [0.4, 0.5) is 0 Å². The Bertz CT molecular complexity index is 516. The van der Waals surface area contributed by atoms with Gasteiger partial charge in [-0.3, -0.25) is 9.59 Å². The summed E-state index contributed by atoms with van der Waals surface area (Å²) >= 11 is 5.82. The van der Waals surface area contributed by atoms with Gasteiger partial charge >= 0.3 is 11.9 Å². The van der Waals surface area contributed by atoms with Crippen LogP contribution >= 0.6 is 11.6 Å². The van der Waals surface area contributed by atoms with Crippen LogP contribution in [0.5, 0.6) is 5.75 Å². The van der Waals surface area contributed by atoms with Gasteiger partial charge in [0.2, 0.25) is 0 Å². The molecular weight excluding hydrogens is 328 g/mol. The van der Waals surface area contributed by atoms with Crippen LogP contribution in [0.1, 0.15) is 65.2 Å². The lowest BCUT2D eigenvalue weighted by molar-refractivity contribution is -0.148. The molecule has 0 bridgehead atoms. The topological polar surface area (TPSA) is 52.6 Å². The molecule has 5 heteroatoms. The highest BCUT2D eigenvalue weighted by atomic mass is 35.5. The van der Waals surface area contributed by atoms with Crippen LogP contribution in [-0.4, -0.2) is 18.0 Å². The molecule has 0 N–H and O–H groups in total. The molecule has 0 aliphatic heterocycles. The van der Waals surface area contributed by atoms with Gasteiger partial charge in [0.05, 0.1) is 6.10 Å². The molecule has 1 aromatic rings. The van der Waals surface area contributed by atoms with E-state index in [-0.39, 0.29) is 30.9 Å². The minimum atomic E-state index is -0.377. The Morgan fingerprint density at radius 2 is 1.83 bits per heavy atom. The molecule has 1 unspecified atom stereocenters. The number of halogens is 1. The van der Waals surface area contributed by atoms with Crippen molar-refractivity contribution >= 4 is 23.5 Å². The number of unbranched alkanes of at least 4 members (excludes halogenated alkanes) is 3. The van der Waals surface area contributed by atoms with Crippen molar-refractivity contribution in [3.8, 4) is 5.75 Å². The van der Waals surface area contributed by atoms with Gasteiger partial charge in [0.25, 0.3) is 0 Å². The van der Waals surface area contributed by atoms with Crippen molar-refractivity contribution in [1.82, 2.24) is 0 Å². The Balaban J connectivity index is 2.14. The highest BCUT2D eigenvalue weighted by Crippen LogP contribution is 2.18. The minimum Gasteiger partial charge on any atom is -0.463 e. The molecule has 0 saturated heterocycles. The van der Waals surface area contributed by atoms with Crippen molar-refractivity contribution in [3.05, 3.63) is 29.3 Å². The third kappa shape index (κ3) is 9.56. The van der Waals surface area contributed by atoms with Crippen LogP contribution in [0.15, 0.2) is 24.3 Å². The molecule has 4 nitrogen and oxygen atoms in total. The molecule has 1 atom stereocenters. The van der Waals surface area contributed by atoms with E-state index in [4.69, 9.17) is 21.1 Å². The zero-order valence-electron chi connectivity index (χ0n) is 14.6. The quantitative estimate of drug-likeness (QED) is 0.306. The molecule has 134 valence electrons. The first-order chi connectivity index (χ1) is 11.5. The predicted molar refractivity (Wildman–Crippen MR) is 95.3 cm³/mol. The normalized spacial score (nSPS) is 11.8. The number of esters is 2. The van der Waals surface area contributed by atoms with Crippen molar-refractivity contribution in [1.29, 1.82) is 0 Å². The number of hydrogen-bond donors (Lipinski definition) is 0. The van der Waals surface area contributed by atoms with Gasteiger partial charge in [-0.05, 0) is 44.4 Å². The zero-order chi connectivity index (χ0) is 17.8. The van der Waals surface area contributed by atoms with E-state index < -0.39 is 0 Å². The summed E-state index contributed by atoms with van der Waals surface area (Å²) in [7, 11) is 0. The molecule has 24 heavy (non-hydrogen) atoms. The standard InChI is InChI=1S/C19H27ClO4/c1-3-4-5-6-9-15(2)23-18(21)12-8-13-19(22)24-17-11-7-10-16(20)14-17/h7,10-11,14-15H,3-6,8-9,12-13H2,1-2H3. The molecule has 1 aromatic carbocycles. The maximum Gasteiger partial charge on any atom is 0.311 e. The number of rotatable bonds is 11. The molecule has 0 aliphatic carbocycles. The van der Waals surface area contributed by atoms with Gasteiger partial charge in [-0.25, -0.2) is 0 Å². The Morgan fingerprint density at radius 1 is 1.08 bits per heavy atom. The number of hydrogen-bond acceptors (Lipinski definition) is 4. The summed E-state index contributed by atoms with van der Waals surface area (Å²) in [6.07, 6.45) is 6.31. The van der Waals surface area contributed by atoms with Crippen LogP contribution < -0.4 is 4.74 Å². The first-order valence-corrected chi connectivity index (χ1v) is 9.04. The van der Waals surface area contributed by atoms with Gasteiger partial charge in [-0.2, -0.15) is 0 Å². The number of benzene rings is 1. The molecule has 0 amide bonds. The fourth-order valence-corrected chi connectivity index (χ4v) is 2.47. The van der Waals surface area contributed by atoms with Crippen LogP contribution in [0, 0.1) is 0 Å². The summed E-state index contributed by atoms with van der Waals surface area (Å²) in [4.78, 5) is 23.4. The lowest BCUT2D eigenvalue weighted by Gasteiger charge is -2.13. The molecule has 0 heterocycles. The van der Waals surface area contributed by atoms with Gasteiger partial charge in [-0.15, -0.1) is 0 Å². The lowest BCUT2D eigenvalue weighted by atomic mass is 10.1. The molecule has 0 spiro atoms. The van der Waals surface area contributed by atoms with Crippen LogP contribution in [-0.2, 0) is 14.3 Å². The number of carbonyl (C=O) groups is 2. The second-order valence-corrected chi connectivity index (χ2v) is 6.37. The second-order valence-electron chi connectivity index (χ2n) is 5.93. The summed E-state index contributed by atoms with van der Waals surface area (Å²) in [5.74, 6) is -0.220. The van der Waals surface area contributed by atoms with Crippen molar-refractivity contribution < 1.29 is 19.1 Å². The molecule has 0 aliphatic rings. The van der Waals surface area contributed by atoms with Crippen LogP contribution in [0.3, 0.4) is 0 Å². The Labute approximate surface area is 149 Å². The summed E-state index contributed by atoms with van der Waals surface area (Å²) in [6.45, 7) is 4.08. The van der Waals surface area contributed by atoms with Crippen molar-refractivity contribution in [2.45, 2.75) is 71.3 Å². The molecular formula is C19H27ClO4. The van der Waals surface area contributed by atoms with E-state index in [2.05, 4.69) is 6.92 Å². The molecule has 0 aromatic heterocycles. The van der Waals surface area contributed by atoms with E-state index in [1.807, 2.05) is 6.92 Å². The fourth-order valence-electron chi connectivity index (χ4n) is 2.29. The fraction of sp³-hybridized carbons (Fsp3) is 0.579. The van der Waals surface area contributed by atoms with Gasteiger partial charge in [0.15, 0.2) is 0 Å². The molecule has 0 radical (unpaired) electrons. The monoisotopic (exact) mass is 354 g/mol. The smallest absolute Gasteiger partial charge is 0.311 e. The van der Waals surface area contributed by atoms with Gasteiger partial charge in [-0.1, -0.05) is 43.9 Å². The van der Waals surface area contributed by atoms with E-state index >= 15 is 0 Å². The number of carbonyl (C=O) groups excluding carboxylic acids is 2. The zero-order valence-corrected chi connectivity index (χ0v) is 15.3. The van der Waals surface area contributed by atoms with Crippen molar-refractivity contribution in [2.75, 3.05) is 0 Å². The third-order valence-electron chi connectivity index (χ3n) is 3.59. The molecule has 1 rings (SSSR count). The highest BCUT2D eigenvalue weighted by Gasteiger charge is 2.11. The van der Waals surface area contributed by atoms with Crippen molar-refractivity contribution in [2.24, 2.45) is 0 Å². The lowest BCUT2D eigenvalue weighted by Crippen LogP contribution is -2.15. The second kappa shape index (κ2) is 11.9. The summed E-state index contributed by atoms with van der Waals surface area (Å²) in [5, 5.41) is 0.511. The third-order valence-corrected chi connectivity index (χ3v) is 3.82. The van der Waals surface area contributed by atoms with Crippen LogP contribution in [0.25, 0.3) is 0 Å². The van der Waals surface area contributed by atoms with E-state index in [0.29, 0.717) is 17.2 Å². The SMILES string of the molecule is CCCCCCC(C)OC(=O)CCCC(=O)Oc1cccc(Cl)c1. The summed E-state index contributed by atoms with van der Waals surface area (Å²) in [5.41, 5.74) is 0. The minimum absolute atomic E-state index is 0.0623. The summed E-state index contributed by atoms with van der Waals surface area (Å²) < 4.78 is 10.5. The van der Waals surface area contributed by atoms with Gasteiger partial charge in [0.1, 0.15) is 5.75 Å². The largest absolute Gasteiger partial charge is 0.463 e. The molecule has 0 fully saturated rings. The first-order valence-electron chi connectivity index (χ1n) is 8.67. The van der Waals surface area contributed by atoms with E-state index in [0.717, 1.165) is 12.8 Å². The first kappa shape index (κ1) is 20.5. The maximum atomic E-state index is 11.7. The summed E-state index contributed by atoms with van der Waals surface area (Å²) in [6, 6.07) is 6.66. The molecule has 0 saturated carbocycles. The Hall–Kier alpha value is -1.55. The highest BCUT2D eigenvalue weighted by molar-refractivity contribution is 6.30. The average molecular weight is 355 g/mol. The van der Waals surface area contributed by atoms with Crippen LogP contribution in [0.2, 0.25) is 5.02 Å². The average Bonchev–Trinajstić information content (AvgIpc) is 2.51. The number of ether oxygens (including phenoxy) is 2. The Kier molecular flexibility index (Phi) is 10.2. The maximum absolute atomic E-state index is 11.7. The van der Waals surface area contributed by atoms with E-state index in [9.17, 15) is 9.59 Å². The predicted octanol–water partition coefficient (Wildman–Crippen LogP) is 5.32. The Morgan fingerprint density at radius 3 is 2.54 bits per heavy atom. The van der Waals surface area contributed by atoms with Gasteiger partial charge < -0.3 is 9.47 Å². The van der Waals surface area contributed by atoms with E-state index in [1.165, 1.54) is 19.3 Å².